The summed E-state index contributed by atoms with van der Waals surface area (Å²) in [4.78, 5) is 2.39. The number of furan rings is 1. The van der Waals surface area contributed by atoms with Crippen LogP contribution in [0, 0.1) is 0 Å². The van der Waals surface area contributed by atoms with Crippen LogP contribution >= 0.6 is 0 Å². The minimum absolute atomic E-state index is 0.879. The number of benzene rings is 11. The molecule has 0 amide bonds. The van der Waals surface area contributed by atoms with E-state index >= 15 is 0 Å². The Bertz CT molecular complexity index is 3510. The van der Waals surface area contributed by atoms with Gasteiger partial charge in [-0.15, -0.1) is 0 Å². The van der Waals surface area contributed by atoms with Crippen LogP contribution in [-0.2, 0) is 0 Å². The highest BCUT2D eigenvalue weighted by molar-refractivity contribution is 6.32. The van der Waals surface area contributed by atoms with E-state index < -0.39 is 0 Å². The number of fused-ring (bicyclic) bond motifs is 9. The molecular weight excluding hydrogens is 751 g/mol. The van der Waals surface area contributed by atoms with E-state index in [9.17, 15) is 0 Å². The van der Waals surface area contributed by atoms with Gasteiger partial charge >= 0.3 is 0 Å². The Kier molecular flexibility index (Phi) is 8.53. The van der Waals surface area contributed by atoms with Crippen LogP contribution in [0.5, 0.6) is 0 Å². The first-order chi connectivity index (χ1) is 30.8. The molecule has 290 valence electrons. The Labute approximate surface area is 360 Å². The fraction of sp³-hybridized carbons (Fsp3) is 0. The van der Waals surface area contributed by atoms with Gasteiger partial charge < -0.3 is 9.32 Å². The molecule has 0 aliphatic rings. The number of rotatable bonds is 7. The predicted molar refractivity (Wildman–Crippen MR) is 263 cm³/mol. The maximum Gasteiger partial charge on any atom is 0.143 e. The number of hydrogen-bond donors (Lipinski definition) is 0. The van der Waals surface area contributed by atoms with Crippen LogP contribution in [-0.4, -0.2) is 0 Å². The zero-order valence-corrected chi connectivity index (χ0v) is 33.9. The summed E-state index contributed by atoms with van der Waals surface area (Å²) >= 11 is 0. The first kappa shape index (κ1) is 35.7. The van der Waals surface area contributed by atoms with Crippen molar-refractivity contribution in [1.29, 1.82) is 0 Å². The van der Waals surface area contributed by atoms with Crippen molar-refractivity contribution in [2.24, 2.45) is 0 Å². The lowest BCUT2D eigenvalue weighted by Crippen LogP contribution is -2.10. The Balaban J connectivity index is 1.07. The average molecular weight is 790 g/mol. The lowest BCUT2D eigenvalue weighted by molar-refractivity contribution is 0.673. The topological polar surface area (TPSA) is 16.4 Å². The van der Waals surface area contributed by atoms with Crippen molar-refractivity contribution >= 4 is 71.3 Å². The molecule has 1 heterocycles. The monoisotopic (exact) mass is 789 g/mol. The molecule has 0 N–H and O–H groups in total. The summed E-state index contributed by atoms with van der Waals surface area (Å²) in [5, 5.41) is 9.39. The van der Waals surface area contributed by atoms with Gasteiger partial charge in [-0.2, -0.15) is 0 Å². The van der Waals surface area contributed by atoms with Crippen molar-refractivity contribution in [3.63, 3.8) is 0 Å². The molecule has 12 aromatic rings. The van der Waals surface area contributed by atoms with Gasteiger partial charge in [0.15, 0.2) is 0 Å². The molecule has 2 nitrogen and oxygen atoms in total. The van der Waals surface area contributed by atoms with Crippen molar-refractivity contribution in [1.82, 2.24) is 0 Å². The maximum atomic E-state index is 7.06. The summed E-state index contributed by atoms with van der Waals surface area (Å²) in [5.74, 6) is 0. The Morgan fingerprint density at radius 2 is 0.726 bits per heavy atom. The van der Waals surface area contributed by atoms with Gasteiger partial charge in [0.05, 0.1) is 5.69 Å². The van der Waals surface area contributed by atoms with Gasteiger partial charge in [-0.05, 0) is 109 Å². The van der Waals surface area contributed by atoms with Crippen LogP contribution in [0.1, 0.15) is 0 Å². The minimum atomic E-state index is 0.879. The van der Waals surface area contributed by atoms with Gasteiger partial charge in [-0.25, -0.2) is 0 Å². The highest BCUT2D eigenvalue weighted by atomic mass is 16.3. The predicted octanol–water partition coefficient (Wildman–Crippen LogP) is 17.2. The Morgan fingerprint density at radius 3 is 1.31 bits per heavy atom. The molecule has 0 fully saturated rings. The smallest absolute Gasteiger partial charge is 0.143 e. The van der Waals surface area contributed by atoms with Gasteiger partial charge in [-0.1, -0.05) is 194 Å². The van der Waals surface area contributed by atoms with E-state index in [-0.39, 0.29) is 0 Å². The number of anilines is 3. The third-order valence-electron chi connectivity index (χ3n) is 12.5. The van der Waals surface area contributed by atoms with Crippen LogP contribution in [0.4, 0.5) is 17.1 Å². The molecule has 12 rings (SSSR count). The molecule has 0 spiro atoms. The Hall–Kier alpha value is -8.20. The van der Waals surface area contributed by atoms with Crippen molar-refractivity contribution in [3.05, 3.63) is 237 Å². The molecule has 0 saturated heterocycles. The molecule has 0 bridgehead atoms. The first-order valence-electron chi connectivity index (χ1n) is 21.3. The SMILES string of the molecule is c1ccc(-c2ccc(N(c3ccc(-c4ccccc4)cc3)c3ccc(-c4cc(-c5ccccc5)c5c(c4)oc4c6ccccc6c6ccccc6c45)c4ccccc34)cc2)cc1. The molecule has 0 unspecified atom stereocenters. The van der Waals surface area contributed by atoms with E-state index in [0.29, 0.717) is 0 Å². The molecular formula is C60H39NO. The molecule has 0 aliphatic heterocycles. The first-order valence-corrected chi connectivity index (χ1v) is 21.3. The summed E-state index contributed by atoms with van der Waals surface area (Å²) in [6, 6.07) is 85.2. The molecule has 11 aromatic carbocycles. The highest BCUT2D eigenvalue weighted by Gasteiger charge is 2.22. The van der Waals surface area contributed by atoms with E-state index in [1.165, 1.54) is 43.8 Å². The van der Waals surface area contributed by atoms with Crippen LogP contribution in [0.15, 0.2) is 241 Å². The third-order valence-corrected chi connectivity index (χ3v) is 12.5. The second-order valence-corrected chi connectivity index (χ2v) is 16.0. The van der Waals surface area contributed by atoms with E-state index in [0.717, 1.165) is 72.0 Å². The molecule has 2 heteroatoms. The summed E-state index contributed by atoms with van der Waals surface area (Å²) in [6.07, 6.45) is 0. The molecule has 1 aromatic heterocycles. The van der Waals surface area contributed by atoms with E-state index in [1.54, 1.807) is 0 Å². The van der Waals surface area contributed by atoms with E-state index in [1.807, 2.05) is 0 Å². The maximum absolute atomic E-state index is 7.06. The molecule has 0 atom stereocenters. The van der Waals surface area contributed by atoms with Gasteiger partial charge in [-0.3, -0.25) is 0 Å². The lowest BCUT2D eigenvalue weighted by Gasteiger charge is -2.28. The molecule has 62 heavy (non-hydrogen) atoms. The number of nitrogens with zero attached hydrogens (tertiary/aromatic N) is 1. The van der Waals surface area contributed by atoms with E-state index in [2.05, 4.69) is 241 Å². The fourth-order valence-corrected chi connectivity index (χ4v) is 9.55. The van der Waals surface area contributed by atoms with E-state index in [4.69, 9.17) is 4.42 Å². The standard InChI is InChI=1S/C60H39NO/c1-4-16-40(17-5-1)42-28-32-46(33-29-42)61(47-34-30-43(31-35-47)41-18-6-2-7-19-41)56-37-36-48(49-22-10-13-25-52(49)56)45-38-55(44-20-8-3-9-21-44)58-57(39-45)62-60-54-27-15-12-24-51(54)50-23-11-14-26-53(50)59(58)60/h1-39H. The van der Waals surface area contributed by atoms with Gasteiger partial charge in [0.1, 0.15) is 11.2 Å². The van der Waals surface area contributed by atoms with Crippen LogP contribution in [0.2, 0.25) is 0 Å². The summed E-state index contributed by atoms with van der Waals surface area (Å²) in [7, 11) is 0. The molecule has 0 aliphatic carbocycles. The summed E-state index contributed by atoms with van der Waals surface area (Å²) in [6.45, 7) is 0. The van der Waals surface area contributed by atoms with Crippen molar-refractivity contribution in [3.8, 4) is 44.5 Å². The zero-order chi connectivity index (χ0) is 41.0. The zero-order valence-electron chi connectivity index (χ0n) is 33.9. The van der Waals surface area contributed by atoms with Crippen LogP contribution in [0.3, 0.4) is 0 Å². The molecule has 0 radical (unpaired) electrons. The lowest BCUT2D eigenvalue weighted by atomic mass is 9.90. The second kappa shape index (κ2) is 14.8. The molecule has 0 saturated carbocycles. The van der Waals surface area contributed by atoms with Crippen LogP contribution in [0.25, 0.3) is 98.8 Å². The van der Waals surface area contributed by atoms with Crippen molar-refractivity contribution in [2.75, 3.05) is 4.90 Å². The fourth-order valence-electron chi connectivity index (χ4n) is 9.55. The largest absolute Gasteiger partial charge is 0.455 e. The quantitative estimate of drug-likeness (QED) is 0.150. The third kappa shape index (κ3) is 5.96. The summed E-state index contributed by atoms with van der Waals surface area (Å²) < 4.78 is 7.06. The number of hydrogen-bond acceptors (Lipinski definition) is 2. The van der Waals surface area contributed by atoms with Gasteiger partial charge in [0, 0.05) is 32.9 Å². The normalized spacial score (nSPS) is 11.5. The average Bonchev–Trinajstić information content (AvgIpc) is 3.75. The Morgan fingerprint density at radius 1 is 0.274 bits per heavy atom. The highest BCUT2D eigenvalue weighted by Crippen LogP contribution is 2.48. The van der Waals surface area contributed by atoms with Crippen molar-refractivity contribution in [2.45, 2.75) is 0 Å². The van der Waals surface area contributed by atoms with Gasteiger partial charge in [0.2, 0.25) is 0 Å². The van der Waals surface area contributed by atoms with Crippen LogP contribution < -0.4 is 4.90 Å². The van der Waals surface area contributed by atoms with Crippen molar-refractivity contribution < 1.29 is 4.42 Å². The van der Waals surface area contributed by atoms with Gasteiger partial charge in [0.25, 0.3) is 0 Å². The summed E-state index contributed by atoms with van der Waals surface area (Å²) in [5.41, 5.74) is 14.4. The second-order valence-electron chi connectivity index (χ2n) is 16.0. The minimum Gasteiger partial charge on any atom is -0.455 e.